The van der Waals surface area contributed by atoms with Gasteiger partial charge < -0.3 is 14.6 Å². The van der Waals surface area contributed by atoms with E-state index in [2.05, 4.69) is 27.1 Å². The molecule has 1 fully saturated rings. The molecule has 1 saturated carbocycles. The molecule has 1 aromatic carbocycles. The number of ether oxygens (including phenoxy) is 1. The molecule has 5 nitrogen and oxygen atoms in total. The van der Waals surface area contributed by atoms with Gasteiger partial charge >= 0.3 is 6.61 Å². The van der Waals surface area contributed by atoms with Crippen molar-refractivity contribution in [1.29, 1.82) is 0 Å². The van der Waals surface area contributed by atoms with Gasteiger partial charge in [-0.2, -0.15) is 13.8 Å². The number of benzene rings is 1. The molecule has 0 aliphatic heterocycles. The fourth-order valence-corrected chi connectivity index (χ4v) is 2.69. The van der Waals surface area contributed by atoms with Crippen molar-refractivity contribution >= 4 is 0 Å². The zero-order valence-electron chi connectivity index (χ0n) is 13.1. The molecule has 1 N–H and O–H groups in total. The van der Waals surface area contributed by atoms with E-state index < -0.39 is 12.2 Å². The van der Waals surface area contributed by atoms with Gasteiger partial charge in [0, 0.05) is 13.5 Å². The molecule has 23 heavy (non-hydrogen) atoms. The van der Waals surface area contributed by atoms with Crippen LogP contribution in [0.2, 0.25) is 0 Å². The number of hydrogen-bond donors (Lipinski definition) is 1. The standard InChI is InChI=1S/C16H19F2N3O2/c1-10-20-14(21-23-10)16(2,12-6-7-12)19-9-11-4-3-5-13(8-11)22-15(17)18/h3-5,8,12,15,19H,6-7,9H2,1-2H3. The number of aromatic nitrogens is 2. The summed E-state index contributed by atoms with van der Waals surface area (Å²) in [4.78, 5) is 4.35. The van der Waals surface area contributed by atoms with Crippen molar-refractivity contribution in [3.05, 3.63) is 41.5 Å². The quantitative estimate of drug-likeness (QED) is 0.846. The Kier molecular flexibility index (Phi) is 4.30. The highest BCUT2D eigenvalue weighted by atomic mass is 19.3. The first-order chi connectivity index (χ1) is 11.0. The number of rotatable bonds is 7. The highest BCUT2D eigenvalue weighted by Crippen LogP contribution is 2.44. The van der Waals surface area contributed by atoms with E-state index in [9.17, 15) is 8.78 Å². The van der Waals surface area contributed by atoms with E-state index in [1.807, 2.05) is 6.07 Å². The number of nitrogens with one attached hydrogen (secondary N) is 1. The van der Waals surface area contributed by atoms with Crippen LogP contribution in [0.15, 0.2) is 28.8 Å². The second-order valence-electron chi connectivity index (χ2n) is 5.99. The fraction of sp³-hybridized carbons (Fsp3) is 0.500. The fourth-order valence-electron chi connectivity index (χ4n) is 2.69. The summed E-state index contributed by atoms with van der Waals surface area (Å²) in [5.74, 6) is 1.77. The molecule has 0 saturated heterocycles. The molecule has 0 spiro atoms. The molecule has 0 radical (unpaired) electrons. The molecule has 1 aliphatic carbocycles. The van der Waals surface area contributed by atoms with Gasteiger partial charge in [0.15, 0.2) is 5.82 Å². The second kappa shape index (κ2) is 6.23. The molecular formula is C16H19F2N3O2. The lowest BCUT2D eigenvalue weighted by Crippen LogP contribution is -2.42. The normalized spacial score (nSPS) is 17.3. The molecule has 0 bridgehead atoms. The molecule has 1 unspecified atom stereocenters. The number of aryl methyl sites for hydroxylation is 1. The Morgan fingerprint density at radius 1 is 1.43 bits per heavy atom. The van der Waals surface area contributed by atoms with Gasteiger partial charge in [-0.05, 0) is 43.4 Å². The van der Waals surface area contributed by atoms with Gasteiger partial charge in [-0.3, -0.25) is 0 Å². The Hall–Kier alpha value is -2.02. The lowest BCUT2D eigenvalue weighted by molar-refractivity contribution is -0.0498. The zero-order valence-corrected chi connectivity index (χ0v) is 13.1. The maximum Gasteiger partial charge on any atom is 0.387 e. The molecule has 7 heteroatoms. The van der Waals surface area contributed by atoms with E-state index in [1.165, 1.54) is 6.07 Å². The zero-order chi connectivity index (χ0) is 16.4. The van der Waals surface area contributed by atoms with Crippen LogP contribution in [0.4, 0.5) is 8.78 Å². The third kappa shape index (κ3) is 3.67. The summed E-state index contributed by atoms with van der Waals surface area (Å²) < 4.78 is 34.1. The summed E-state index contributed by atoms with van der Waals surface area (Å²) in [6.45, 7) is 1.49. The summed E-state index contributed by atoms with van der Waals surface area (Å²) >= 11 is 0. The Balaban J connectivity index is 1.72. The molecule has 3 rings (SSSR count). The largest absolute Gasteiger partial charge is 0.435 e. The van der Waals surface area contributed by atoms with E-state index in [4.69, 9.17) is 4.52 Å². The third-order valence-electron chi connectivity index (χ3n) is 4.17. The minimum absolute atomic E-state index is 0.155. The summed E-state index contributed by atoms with van der Waals surface area (Å²) in [7, 11) is 0. The molecule has 1 aliphatic rings. The maximum atomic E-state index is 12.3. The summed E-state index contributed by atoms with van der Waals surface area (Å²) in [5.41, 5.74) is 0.465. The van der Waals surface area contributed by atoms with Gasteiger partial charge in [0.2, 0.25) is 5.89 Å². The third-order valence-corrected chi connectivity index (χ3v) is 4.17. The van der Waals surface area contributed by atoms with Crippen LogP contribution in [-0.4, -0.2) is 16.8 Å². The number of alkyl halides is 2. The van der Waals surface area contributed by atoms with E-state index in [-0.39, 0.29) is 5.75 Å². The van der Waals surface area contributed by atoms with Gasteiger partial charge in [0.25, 0.3) is 0 Å². The highest BCUT2D eigenvalue weighted by molar-refractivity contribution is 5.28. The van der Waals surface area contributed by atoms with E-state index in [0.29, 0.717) is 24.2 Å². The predicted molar refractivity (Wildman–Crippen MR) is 79.0 cm³/mol. The van der Waals surface area contributed by atoms with E-state index >= 15 is 0 Å². The van der Waals surface area contributed by atoms with Crippen LogP contribution >= 0.6 is 0 Å². The van der Waals surface area contributed by atoms with Crippen molar-refractivity contribution < 1.29 is 18.0 Å². The summed E-state index contributed by atoms with van der Waals surface area (Å²) in [6, 6.07) is 6.67. The van der Waals surface area contributed by atoms with Gasteiger partial charge in [-0.1, -0.05) is 17.3 Å². The van der Waals surface area contributed by atoms with Crippen molar-refractivity contribution in [3.8, 4) is 5.75 Å². The molecule has 1 heterocycles. The Morgan fingerprint density at radius 3 is 2.83 bits per heavy atom. The Morgan fingerprint density at radius 2 is 2.22 bits per heavy atom. The highest BCUT2D eigenvalue weighted by Gasteiger charge is 2.45. The average molecular weight is 323 g/mol. The van der Waals surface area contributed by atoms with Crippen LogP contribution in [0.3, 0.4) is 0 Å². The Bertz CT molecular complexity index is 673. The van der Waals surface area contributed by atoms with Crippen LogP contribution in [0.25, 0.3) is 0 Å². The van der Waals surface area contributed by atoms with Crippen molar-refractivity contribution in [2.24, 2.45) is 5.92 Å². The van der Waals surface area contributed by atoms with Gasteiger partial charge in [0.1, 0.15) is 5.75 Å². The molecule has 124 valence electrons. The minimum Gasteiger partial charge on any atom is -0.435 e. The van der Waals surface area contributed by atoms with Gasteiger partial charge in [-0.25, -0.2) is 0 Å². The molecule has 0 amide bonds. The van der Waals surface area contributed by atoms with Gasteiger partial charge in [-0.15, -0.1) is 0 Å². The average Bonchev–Trinajstić information content (AvgIpc) is 3.27. The first-order valence-corrected chi connectivity index (χ1v) is 7.57. The first-order valence-electron chi connectivity index (χ1n) is 7.57. The van der Waals surface area contributed by atoms with Crippen LogP contribution in [0.5, 0.6) is 5.75 Å². The number of hydrogen-bond acceptors (Lipinski definition) is 5. The first kappa shape index (κ1) is 15.9. The van der Waals surface area contributed by atoms with Crippen LogP contribution < -0.4 is 10.1 Å². The summed E-state index contributed by atoms with van der Waals surface area (Å²) in [6.07, 6.45) is 2.21. The van der Waals surface area contributed by atoms with E-state index in [1.54, 1.807) is 19.1 Å². The number of nitrogens with zero attached hydrogens (tertiary/aromatic N) is 2. The minimum atomic E-state index is -2.82. The summed E-state index contributed by atoms with van der Waals surface area (Å²) in [5, 5.41) is 7.50. The lowest BCUT2D eigenvalue weighted by atomic mass is 9.94. The monoisotopic (exact) mass is 323 g/mol. The van der Waals surface area contributed by atoms with E-state index in [0.717, 1.165) is 18.4 Å². The van der Waals surface area contributed by atoms with Gasteiger partial charge in [0.05, 0.1) is 5.54 Å². The SMILES string of the molecule is Cc1nc(C(C)(NCc2cccc(OC(F)F)c2)C2CC2)no1. The topological polar surface area (TPSA) is 60.2 Å². The van der Waals surface area contributed by atoms with Crippen LogP contribution in [0, 0.1) is 12.8 Å². The molecular weight excluding hydrogens is 304 g/mol. The molecule has 1 aromatic heterocycles. The Labute approximate surface area is 133 Å². The predicted octanol–water partition coefficient (Wildman–Crippen LogP) is 3.39. The maximum absolute atomic E-state index is 12.3. The van der Waals surface area contributed by atoms with Crippen molar-refractivity contribution in [2.75, 3.05) is 0 Å². The molecule has 1 atom stereocenters. The van der Waals surface area contributed by atoms with Crippen molar-refractivity contribution in [1.82, 2.24) is 15.5 Å². The van der Waals surface area contributed by atoms with Crippen LogP contribution in [-0.2, 0) is 12.1 Å². The van der Waals surface area contributed by atoms with Crippen molar-refractivity contribution in [3.63, 3.8) is 0 Å². The smallest absolute Gasteiger partial charge is 0.387 e. The van der Waals surface area contributed by atoms with Crippen molar-refractivity contribution in [2.45, 2.75) is 45.4 Å². The second-order valence-corrected chi connectivity index (χ2v) is 5.99. The van der Waals surface area contributed by atoms with Crippen LogP contribution in [0.1, 0.15) is 37.0 Å². The number of halogens is 2. The lowest BCUT2D eigenvalue weighted by Gasteiger charge is -2.27. The molecule has 2 aromatic rings.